The summed E-state index contributed by atoms with van der Waals surface area (Å²) in [5.41, 5.74) is -2.32. The van der Waals surface area contributed by atoms with Crippen LogP contribution < -0.4 is 0 Å². The SMILES string of the molecule is CC1(C)CC[C@]2(C(=O)O[C@@H]3O[C@H](CO[C@@H]4O[C@H](CO)[C@@H](O)[C@H](O)[C@H]4O)[C@@H](O)[C@H](O)[C@H]3O[C@@H]3O[C@H](CO)[C@@H](O)[C@H](O)[C@H]3O)CC[C@]3(C)C(=CC[C@@H]4[C@@]5(C)CC[C@H](O)[C@@](C)(COS(=O)(=O)O)[C@@H]5CC[C@]43C)[C@@H]2C1. The molecule has 5 aliphatic carbocycles. The Hall–Kier alpha value is -1.56. The van der Waals surface area contributed by atoms with Crippen LogP contribution in [0.25, 0.3) is 0 Å². The molecule has 3 saturated heterocycles. The topological polar surface area (TPSA) is 359 Å². The molecule has 22 nitrogen and oxygen atoms in total. The third kappa shape index (κ3) is 9.38. The van der Waals surface area contributed by atoms with Crippen molar-refractivity contribution in [3.8, 4) is 0 Å². The highest BCUT2D eigenvalue weighted by atomic mass is 32.3. The molecule has 8 rings (SSSR count). The summed E-state index contributed by atoms with van der Waals surface area (Å²) < 4.78 is 73.5. The molecule has 0 aromatic carbocycles. The molecule has 3 heterocycles. The van der Waals surface area contributed by atoms with Gasteiger partial charge in [-0.05, 0) is 104 Å². The number of carbonyl (C=O) groups excluding carboxylic acids is 1. The van der Waals surface area contributed by atoms with Crippen molar-refractivity contribution < 1.29 is 107 Å². The standard InChI is InChI=1S/C48H78O22S/c1-43(2)13-15-48(16-14-46(5)22(23(48)17-43)7-8-28-44(3)11-10-29(51)45(4,21-65-71(61,62)63)27(44)9-12-47(28,46)6)42(60)70-41-38(69-40-37(59)34(56)31(53)25(19-50)67-40)35(57)32(54)26(68-41)20-64-39-36(58)33(55)30(52)24(18-49)66-39/h7,23-41,49-59H,8-21H2,1-6H3,(H,61,62,63)/t23-,24+,25+,26+,27+,28+,29-,30+,31+,32+,33-,34-,35-,36+,37+,38+,39+,40-,41-,44-,45-,46+,47+,48-/m0/s1. The molecule has 12 N–H and O–H groups in total. The van der Waals surface area contributed by atoms with E-state index in [0.29, 0.717) is 57.8 Å². The molecule has 0 unspecified atom stereocenters. The molecular formula is C48H78O22S. The number of ether oxygens (including phenoxy) is 6. The fraction of sp³-hybridized carbons (Fsp3) is 0.938. The van der Waals surface area contributed by atoms with Crippen LogP contribution in [0.3, 0.4) is 0 Å². The average molecular weight is 1040 g/mol. The Bertz CT molecular complexity index is 2070. The number of rotatable bonds is 12. The number of aliphatic hydroxyl groups excluding tert-OH is 11. The Balaban J connectivity index is 1.10. The van der Waals surface area contributed by atoms with Gasteiger partial charge in [0.05, 0.1) is 37.9 Å². The van der Waals surface area contributed by atoms with E-state index >= 15 is 4.79 Å². The van der Waals surface area contributed by atoms with Crippen LogP contribution in [-0.2, 0) is 47.8 Å². The molecule has 71 heavy (non-hydrogen) atoms. The van der Waals surface area contributed by atoms with E-state index in [-0.39, 0.29) is 40.6 Å². The van der Waals surface area contributed by atoms with Crippen molar-refractivity contribution >= 4 is 16.4 Å². The summed E-state index contributed by atoms with van der Waals surface area (Å²) in [5.74, 6) is -1.10. The molecule has 0 spiro atoms. The van der Waals surface area contributed by atoms with Crippen LogP contribution in [-0.4, -0.2) is 200 Å². The van der Waals surface area contributed by atoms with Crippen LogP contribution in [0.15, 0.2) is 11.6 Å². The smallest absolute Gasteiger partial charge is 0.397 e. The molecule has 8 aliphatic rings. The molecule has 4 saturated carbocycles. The second-order valence-corrected chi connectivity index (χ2v) is 25.0. The quantitative estimate of drug-likeness (QED) is 0.0630. The van der Waals surface area contributed by atoms with Gasteiger partial charge in [-0.2, -0.15) is 8.42 Å². The number of hydrogen-bond acceptors (Lipinski definition) is 21. The first-order valence-electron chi connectivity index (χ1n) is 25.1. The van der Waals surface area contributed by atoms with Gasteiger partial charge in [0.15, 0.2) is 18.7 Å². The lowest BCUT2D eigenvalue weighted by atomic mass is 9.33. The number of carbonyl (C=O) groups is 1. The van der Waals surface area contributed by atoms with E-state index in [1.54, 1.807) is 0 Å². The van der Waals surface area contributed by atoms with Crippen LogP contribution in [0.1, 0.15) is 106 Å². The van der Waals surface area contributed by atoms with E-state index in [9.17, 15) is 69.1 Å². The van der Waals surface area contributed by atoms with Crippen molar-refractivity contribution in [3.63, 3.8) is 0 Å². The van der Waals surface area contributed by atoms with E-state index in [1.165, 1.54) is 0 Å². The van der Waals surface area contributed by atoms with Crippen LogP contribution in [0.2, 0.25) is 0 Å². The predicted octanol–water partition coefficient (Wildman–Crippen LogP) is -1.06. The highest BCUT2D eigenvalue weighted by Gasteiger charge is 2.70. The van der Waals surface area contributed by atoms with E-state index in [1.807, 2.05) is 6.92 Å². The van der Waals surface area contributed by atoms with E-state index in [0.717, 1.165) is 12.0 Å². The summed E-state index contributed by atoms with van der Waals surface area (Å²) in [6.45, 7) is 10.4. The molecular weight excluding hydrogens is 961 g/mol. The Morgan fingerprint density at radius 2 is 1.25 bits per heavy atom. The van der Waals surface area contributed by atoms with Gasteiger partial charge in [0.25, 0.3) is 0 Å². The summed E-state index contributed by atoms with van der Waals surface area (Å²) in [4.78, 5) is 15.5. The summed E-state index contributed by atoms with van der Waals surface area (Å²) >= 11 is 0. The number of hydrogen-bond donors (Lipinski definition) is 12. The molecule has 0 radical (unpaired) electrons. The monoisotopic (exact) mass is 1040 g/mol. The molecule has 24 atom stereocenters. The van der Waals surface area contributed by atoms with Crippen molar-refractivity contribution in [2.45, 2.75) is 204 Å². The Kier molecular flexibility index (Phi) is 15.5. The molecule has 0 bridgehead atoms. The van der Waals surface area contributed by atoms with Crippen LogP contribution in [0, 0.1) is 50.2 Å². The van der Waals surface area contributed by atoms with Gasteiger partial charge in [-0.3, -0.25) is 9.35 Å². The largest absolute Gasteiger partial charge is 0.432 e. The van der Waals surface area contributed by atoms with Gasteiger partial charge < -0.3 is 84.6 Å². The van der Waals surface area contributed by atoms with Gasteiger partial charge in [0, 0.05) is 5.41 Å². The minimum absolute atomic E-state index is 0.0853. The first kappa shape index (κ1) is 55.7. The maximum Gasteiger partial charge on any atom is 0.397 e. The normalized spacial score (nSPS) is 52.0. The zero-order chi connectivity index (χ0) is 52.2. The highest BCUT2D eigenvalue weighted by Crippen LogP contribution is 2.76. The van der Waals surface area contributed by atoms with Gasteiger partial charge in [0.2, 0.25) is 6.29 Å². The van der Waals surface area contributed by atoms with E-state index in [2.05, 4.69) is 40.7 Å². The third-order valence-electron chi connectivity index (χ3n) is 19.6. The summed E-state index contributed by atoms with van der Waals surface area (Å²) in [5, 5.41) is 118. The van der Waals surface area contributed by atoms with Crippen molar-refractivity contribution in [2.24, 2.45) is 50.2 Å². The summed E-state index contributed by atoms with van der Waals surface area (Å²) in [7, 11) is -4.77. The molecule has 3 aliphatic heterocycles. The second-order valence-electron chi connectivity index (χ2n) is 23.9. The van der Waals surface area contributed by atoms with Crippen molar-refractivity contribution in [1.29, 1.82) is 0 Å². The molecule has 0 aromatic rings. The van der Waals surface area contributed by atoms with Crippen LogP contribution >= 0.6 is 0 Å². The number of allylic oxidation sites excluding steroid dienone is 2. The summed E-state index contributed by atoms with van der Waals surface area (Å²) in [6, 6.07) is 0. The lowest BCUT2D eigenvalue weighted by Gasteiger charge is -2.71. The maximum atomic E-state index is 15.5. The Labute approximate surface area is 414 Å². The third-order valence-corrected chi connectivity index (χ3v) is 20.0. The zero-order valence-electron chi connectivity index (χ0n) is 41.3. The predicted molar refractivity (Wildman–Crippen MR) is 242 cm³/mol. The minimum atomic E-state index is -4.77. The fourth-order valence-electron chi connectivity index (χ4n) is 15.1. The van der Waals surface area contributed by atoms with Crippen molar-refractivity contribution in [3.05, 3.63) is 11.6 Å². The first-order chi connectivity index (χ1) is 33.0. The van der Waals surface area contributed by atoms with Crippen LogP contribution in [0.4, 0.5) is 0 Å². The van der Waals surface area contributed by atoms with Crippen molar-refractivity contribution in [1.82, 2.24) is 0 Å². The number of fused-ring (bicyclic) bond motifs is 7. The van der Waals surface area contributed by atoms with Gasteiger partial charge >= 0.3 is 16.4 Å². The highest BCUT2D eigenvalue weighted by molar-refractivity contribution is 7.80. The average Bonchev–Trinajstić information content (AvgIpc) is 3.31. The minimum Gasteiger partial charge on any atom is -0.432 e. The molecule has 7 fully saturated rings. The summed E-state index contributed by atoms with van der Waals surface area (Å²) in [6.07, 6.45) is -19.3. The molecule has 0 amide bonds. The lowest BCUT2D eigenvalue weighted by Crippen LogP contribution is -2.67. The van der Waals surface area contributed by atoms with Crippen molar-refractivity contribution in [2.75, 3.05) is 26.4 Å². The fourth-order valence-corrected chi connectivity index (χ4v) is 15.5. The lowest BCUT2D eigenvalue weighted by molar-refractivity contribution is -0.368. The van der Waals surface area contributed by atoms with E-state index in [4.69, 9.17) is 32.6 Å². The second kappa shape index (κ2) is 19.8. The Morgan fingerprint density at radius 1 is 0.676 bits per heavy atom. The zero-order valence-corrected chi connectivity index (χ0v) is 42.1. The molecule has 23 heteroatoms. The van der Waals surface area contributed by atoms with Gasteiger partial charge in [-0.15, -0.1) is 0 Å². The van der Waals surface area contributed by atoms with Gasteiger partial charge in [0.1, 0.15) is 67.1 Å². The van der Waals surface area contributed by atoms with E-state index < -0.39 is 151 Å². The van der Waals surface area contributed by atoms with Gasteiger partial charge in [-0.1, -0.05) is 53.2 Å². The number of esters is 1. The molecule has 408 valence electrons. The van der Waals surface area contributed by atoms with Crippen LogP contribution in [0.5, 0.6) is 0 Å². The molecule has 0 aromatic heterocycles. The van der Waals surface area contributed by atoms with Gasteiger partial charge in [-0.25, -0.2) is 4.18 Å². The first-order valence-corrected chi connectivity index (χ1v) is 26.5. The number of aliphatic hydroxyl groups is 11. The Morgan fingerprint density at radius 3 is 1.87 bits per heavy atom. The maximum absolute atomic E-state index is 15.5.